The lowest BCUT2D eigenvalue weighted by atomic mass is 10.3. The molecule has 78 valence electrons. The number of nitrogens with zero attached hydrogens (tertiary/aromatic N) is 1. The molecule has 2 heterocycles. The minimum Gasteiger partial charge on any atom is -0.472 e. The van der Waals surface area contributed by atoms with Gasteiger partial charge < -0.3 is 9.32 Å². The Kier molecular flexibility index (Phi) is 2.87. The molecule has 0 unspecified atom stereocenters. The van der Waals surface area contributed by atoms with Gasteiger partial charge in [0.05, 0.1) is 17.4 Å². The molecule has 2 aromatic heterocycles. The van der Waals surface area contributed by atoms with Crippen LogP contribution in [0.2, 0.25) is 0 Å². The zero-order chi connectivity index (χ0) is 10.7. The van der Waals surface area contributed by atoms with Crippen LogP contribution in [-0.4, -0.2) is 17.9 Å². The third-order valence-corrected chi connectivity index (χ3v) is 2.94. The predicted molar refractivity (Wildman–Crippen MR) is 58.8 cm³/mol. The largest absolute Gasteiger partial charge is 0.472 e. The Bertz CT molecular complexity index is 419. The average Bonchev–Trinajstić information content (AvgIpc) is 2.88. The average molecular weight is 221 g/mol. The van der Waals surface area contributed by atoms with Crippen LogP contribution in [0, 0.1) is 0 Å². The van der Waals surface area contributed by atoms with E-state index in [0.29, 0.717) is 6.54 Å². The van der Waals surface area contributed by atoms with Crippen LogP contribution in [0.25, 0.3) is 0 Å². The van der Waals surface area contributed by atoms with Crippen molar-refractivity contribution in [3.63, 3.8) is 0 Å². The fourth-order valence-electron chi connectivity index (χ4n) is 1.32. The van der Waals surface area contributed by atoms with Crippen molar-refractivity contribution >= 4 is 17.2 Å². The smallest absolute Gasteiger partial charge is 0.263 e. The van der Waals surface area contributed by atoms with Crippen LogP contribution < -0.4 is 0 Å². The van der Waals surface area contributed by atoms with Crippen LogP contribution in [0.1, 0.15) is 15.2 Å². The van der Waals surface area contributed by atoms with Crippen molar-refractivity contribution in [1.82, 2.24) is 4.90 Å². The molecule has 0 aromatic carbocycles. The Morgan fingerprint density at radius 1 is 1.53 bits per heavy atom. The van der Waals surface area contributed by atoms with E-state index in [4.69, 9.17) is 4.42 Å². The van der Waals surface area contributed by atoms with Crippen molar-refractivity contribution in [3.05, 3.63) is 46.5 Å². The number of furan rings is 1. The molecule has 2 rings (SSSR count). The lowest BCUT2D eigenvalue weighted by Gasteiger charge is -2.14. The summed E-state index contributed by atoms with van der Waals surface area (Å²) in [5.74, 6) is 0.0474. The van der Waals surface area contributed by atoms with Gasteiger partial charge in [-0.15, -0.1) is 11.3 Å². The number of carbonyl (C=O) groups excluding carboxylic acids is 1. The third-order valence-electron chi connectivity index (χ3n) is 2.08. The first kappa shape index (κ1) is 9.98. The van der Waals surface area contributed by atoms with Crippen molar-refractivity contribution in [2.75, 3.05) is 7.05 Å². The molecule has 0 N–H and O–H groups in total. The molecule has 0 aliphatic rings. The molecule has 0 saturated heterocycles. The Morgan fingerprint density at radius 2 is 2.40 bits per heavy atom. The molecule has 3 nitrogen and oxygen atoms in total. The summed E-state index contributed by atoms with van der Waals surface area (Å²) in [5.41, 5.74) is 1.00. The van der Waals surface area contributed by atoms with E-state index >= 15 is 0 Å². The number of thiophene rings is 1. The maximum absolute atomic E-state index is 11.8. The van der Waals surface area contributed by atoms with E-state index < -0.39 is 0 Å². The Hall–Kier alpha value is -1.55. The summed E-state index contributed by atoms with van der Waals surface area (Å²) in [6.07, 6.45) is 3.26. The van der Waals surface area contributed by atoms with Crippen LogP contribution in [-0.2, 0) is 6.54 Å². The Balaban J connectivity index is 2.03. The highest BCUT2D eigenvalue weighted by Crippen LogP contribution is 2.13. The van der Waals surface area contributed by atoms with E-state index in [1.165, 1.54) is 11.3 Å². The molecule has 0 radical (unpaired) electrons. The molecule has 2 aromatic rings. The summed E-state index contributed by atoms with van der Waals surface area (Å²) < 4.78 is 4.95. The van der Waals surface area contributed by atoms with Gasteiger partial charge in [0, 0.05) is 19.2 Å². The molecule has 4 heteroatoms. The highest BCUT2D eigenvalue weighted by Gasteiger charge is 2.12. The second-order valence-corrected chi connectivity index (χ2v) is 4.22. The van der Waals surface area contributed by atoms with Crippen LogP contribution in [0.15, 0.2) is 40.5 Å². The van der Waals surface area contributed by atoms with E-state index in [2.05, 4.69) is 0 Å². The van der Waals surface area contributed by atoms with Crippen molar-refractivity contribution in [2.45, 2.75) is 6.54 Å². The molecular weight excluding hydrogens is 210 g/mol. The molecular formula is C11H11NO2S. The monoisotopic (exact) mass is 221 g/mol. The fourth-order valence-corrected chi connectivity index (χ4v) is 2.03. The maximum Gasteiger partial charge on any atom is 0.263 e. The number of amides is 1. The van der Waals surface area contributed by atoms with Gasteiger partial charge in [-0.25, -0.2) is 0 Å². The van der Waals surface area contributed by atoms with Crippen molar-refractivity contribution in [1.29, 1.82) is 0 Å². The molecule has 0 spiro atoms. The van der Waals surface area contributed by atoms with Crippen molar-refractivity contribution in [3.8, 4) is 0 Å². The van der Waals surface area contributed by atoms with Gasteiger partial charge >= 0.3 is 0 Å². The van der Waals surface area contributed by atoms with Gasteiger partial charge in [0.1, 0.15) is 0 Å². The Labute approximate surface area is 91.9 Å². The predicted octanol–water partition coefficient (Wildman–Crippen LogP) is 2.61. The topological polar surface area (TPSA) is 33.5 Å². The van der Waals surface area contributed by atoms with E-state index in [0.717, 1.165) is 10.4 Å². The maximum atomic E-state index is 11.8. The zero-order valence-corrected chi connectivity index (χ0v) is 9.16. The van der Waals surface area contributed by atoms with Gasteiger partial charge in [-0.05, 0) is 17.5 Å². The molecule has 0 fully saturated rings. The molecule has 0 aliphatic carbocycles. The lowest BCUT2D eigenvalue weighted by molar-refractivity contribution is 0.0789. The number of carbonyl (C=O) groups is 1. The fraction of sp³-hybridized carbons (Fsp3) is 0.182. The van der Waals surface area contributed by atoms with Gasteiger partial charge in [0.25, 0.3) is 5.91 Å². The van der Waals surface area contributed by atoms with E-state index in [1.807, 2.05) is 23.6 Å². The van der Waals surface area contributed by atoms with Gasteiger partial charge in [-0.3, -0.25) is 4.79 Å². The van der Waals surface area contributed by atoms with Crippen LogP contribution in [0.4, 0.5) is 0 Å². The summed E-state index contributed by atoms with van der Waals surface area (Å²) >= 11 is 1.46. The Morgan fingerprint density at radius 3 is 3.00 bits per heavy atom. The highest BCUT2D eigenvalue weighted by molar-refractivity contribution is 7.12. The quantitative estimate of drug-likeness (QED) is 0.798. The summed E-state index contributed by atoms with van der Waals surface area (Å²) in [4.78, 5) is 14.3. The summed E-state index contributed by atoms with van der Waals surface area (Å²) in [7, 11) is 1.79. The second-order valence-electron chi connectivity index (χ2n) is 3.27. The number of rotatable bonds is 3. The summed E-state index contributed by atoms with van der Waals surface area (Å²) in [5, 5.41) is 1.90. The minimum absolute atomic E-state index is 0.0474. The second kappa shape index (κ2) is 4.31. The van der Waals surface area contributed by atoms with E-state index in [1.54, 1.807) is 24.5 Å². The number of hydrogen-bond acceptors (Lipinski definition) is 3. The van der Waals surface area contributed by atoms with Crippen LogP contribution in [0.3, 0.4) is 0 Å². The van der Waals surface area contributed by atoms with E-state index in [-0.39, 0.29) is 5.91 Å². The first-order chi connectivity index (χ1) is 7.27. The van der Waals surface area contributed by atoms with Gasteiger partial charge in [0.2, 0.25) is 0 Å². The molecule has 0 bridgehead atoms. The van der Waals surface area contributed by atoms with Gasteiger partial charge in [-0.2, -0.15) is 0 Å². The minimum atomic E-state index is 0.0474. The van der Waals surface area contributed by atoms with Crippen molar-refractivity contribution < 1.29 is 9.21 Å². The van der Waals surface area contributed by atoms with Crippen molar-refractivity contribution in [2.24, 2.45) is 0 Å². The SMILES string of the molecule is CN(Cc1ccoc1)C(=O)c1cccs1. The van der Waals surface area contributed by atoms with Gasteiger partial charge in [0.15, 0.2) is 0 Å². The van der Waals surface area contributed by atoms with Gasteiger partial charge in [-0.1, -0.05) is 6.07 Å². The number of hydrogen-bond donors (Lipinski definition) is 0. The summed E-state index contributed by atoms with van der Waals surface area (Å²) in [6.45, 7) is 0.577. The summed E-state index contributed by atoms with van der Waals surface area (Å²) in [6, 6.07) is 5.57. The molecule has 1 amide bonds. The highest BCUT2D eigenvalue weighted by atomic mass is 32.1. The lowest BCUT2D eigenvalue weighted by Crippen LogP contribution is -2.25. The molecule has 15 heavy (non-hydrogen) atoms. The molecule has 0 atom stereocenters. The first-order valence-electron chi connectivity index (χ1n) is 4.57. The normalized spacial score (nSPS) is 10.2. The van der Waals surface area contributed by atoms with E-state index in [9.17, 15) is 4.79 Å². The third kappa shape index (κ3) is 2.27. The zero-order valence-electron chi connectivity index (χ0n) is 8.34. The molecule has 0 saturated carbocycles. The van der Waals surface area contributed by atoms with Crippen LogP contribution in [0.5, 0.6) is 0 Å². The standard InChI is InChI=1S/C11H11NO2S/c1-12(7-9-4-5-14-8-9)11(13)10-3-2-6-15-10/h2-6,8H,7H2,1H3. The first-order valence-corrected chi connectivity index (χ1v) is 5.45. The van der Waals surface area contributed by atoms with Crippen LogP contribution >= 0.6 is 11.3 Å². The molecule has 0 aliphatic heterocycles.